The lowest BCUT2D eigenvalue weighted by Crippen LogP contribution is -2.49. The first-order valence-electron chi connectivity index (χ1n) is 10.2. The molecule has 0 spiro atoms. The van der Waals surface area contributed by atoms with Gasteiger partial charge in [-0.2, -0.15) is 0 Å². The van der Waals surface area contributed by atoms with Crippen molar-refractivity contribution in [3.8, 4) is 0 Å². The van der Waals surface area contributed by atoms with E-state index in [0.29, 0.717) is 26.4 Å². The van der Waals surface area contributed by atoms with Gasteiger partial charge in [-0.25, -0.2) is 4.79 Å². The Morgan fingerprint density at radius 3 is 1.90 bits per heavy atom. The van der Waals surface area contributed by atoms with Crippen LogP contribution < -0.4 is 9.80 Å². The molecular weight excluding hydrogens is 374 g/mol. The maximum Gasteiger partial charge on any atom is 0.415 e. The topological polar surface area (TPSA) is 36.0 Å². The summed E-state index contributed by atoms with van der Waals surface area (Å²) in [4.78, 5) is 18.9. The second kappa shape index (κ2) is 7.95. The van der Waals surface area contributed by atoms with Crippen LogP contribution in [0.3, 0.4) is 0 Å². The van der Waals surface area contributed by atoms with Gasteiger partial charge < -0.3 is 14.5 Å². The molecule has 0 unspecified atom stereocenters. The van der Waals surface area contributed by atoms with Gasteiger partial charge in [-0.3, -0.25) is 4.90 Å². The molecule has 3 aromatic carbocycles. The van der Waals surface area contributed by atoms with Gasteiger partial charge >= 0.3 is 6.09 Å². The van der Waals surface area contributed by atoms with Crippen LogP contribution in [0.2, 0.25) is 0 Å². The summed E-state index contributed by atoms with van der Waals surface area (Å²) in [5.41, 5.74) is 4.40. The Morgan fingerprint density at radius 2 is 1.30 bits per heavy atom. The van der Waals surface area contributed by atoms with Crippen LogP contribution >= 0.6 is 0 Å². The molecule has 30 heavy (non-hydrogen) atoms. The molecule has 3 aromatic rings. The minimum atomic E-state index is -0.285. The summed E-state index contributed by atoms with van der Waals surface area (Å²) in [6.45, 7) is 2.31. The normalized spacial score (nSPS) is 16.8. The SMILES string of the molecule is O=C1OCCN1C1=C(c2ccccc2)CN(c2ccccc2)CN1c1ccccc1. The molecule has 0 aromatic heterocycles. The average molecular weight is 397 g/mol. The Kier molecular flexibility index (Phi) is 4.85. The van der Waals surface area contributed by atoms with Crippen LogP contribution in [0.1, 0.15) is 5.56 Å². The van der Waals surface area contributed by atoms with Crippen molar-refractivity contribution < 1.29 is 9.53 Å². The summed E-state index contributed by atoms with van der Waals surface area (Å²) in [5, 5.41) is 0. The van der Waals surface area contributed by atoms with E-state index in [1.807, 2.05) is 42.5 Å². The van der Waals surface area contributed by atoms with Crippen molar-refractivity contribution in [3.63, 3.8) is 0 Å². The van der Waals surface area contributed by atoms with E-state index in [1.54, 1.807) is 4.90 Å². The third-order valence-corrected chi connectivity index (χ3v) is 5.51. The lowest BCUT2D eigenvalue weighted by Gasteiger charge is -2.43. The first kappa shape index (κ1) is 18.3. The number of carbonyl (C=O) groups excluding carboxylic acids is 1. The fourth-order valence-corrected chi connectivity index (χ4v) is 4.09. The van der Waals surface area contributed by atoms with Crippen LogP contribution in [0.5, 0.6) is 0 Å². The van der Waals surface area contributed by atoms with Gasteiger partial charge in [-0.1, -0.05) is 66.7 Å². The highest BCUT2D eigenvalue weighted by atomic mass is 16.6. The van der Waals surface area contributed by atoms with Gasteiger partial charge in [-0.05, 0) is 29.8 Å². The molecule has 0 atom stereocenters. The number of ether oxygens (including phenoxy) is 1. The molecule has 2 aliphatic rings. The number of carbonyl (C=O) groups is 1. The number of anilines is 2. The number of hydrogen-bond donors (Lipinski definition) is 0. The first-order chi connectivity index (χ1) is 14.8. The van der Waals surface area contributed by atoms with Crippen molar-refractivity contribution >= 4 is 23.0 Å². The van der Waals surface area contributed by atoms with Crippen LogP contribution in [0.4, 0.5) is 16.2 Å². The zero-order chi connectivity index (χ0) is 20.3. The van der Waals surface area contributed by atoms with E-state index in [1.165, 1.54) is 0 Å². The van der Waals surface area contributed by atoms with Crippen molar-refractivity contribution in [1.82, 2.24) is 4.90 Å². The van der Waals surface area contributed by atoms with Crippen molar-refractivity contribution in [2.75, 3.05) is 36.2 Å². The van der Waals surface area contributed by atoms with Crippen LogP contribution in [0.15, 0.2) is 96.8 Å². The Morgan fingerprint density at radius 1 is 0.700 bits per heavy atom. The zero-order valence-electron chi connectivity index (χ0n) is 16.6. The maximum absolute atomic E-state index is 12.6. The highest BCUT2D eigenvalue weighted by molar-refractivity contribution is 5.84. The molecule has 2 aliphatic heterocycles. The predicted octanol–water partition coefficient (Wildman–Crippen LogP) is 4.79. The van der Waals surface area contributed by atoms with E-state index in [0.717, 1.165) is 28.3 Å². The molecule has 0 aliphatic carbocycles. The van der Waals surface area contributed by atoms with Crippen LogP contribution in [0.25, 0.3) is 5.57 Å². The Balaban J connectivity index is 1.69. The third kappa shape index (κ3) is 3.39. The molecule has 2 heterocycles. The molecule has 1 amide bonds. The summed E-state index contributed by atoms with van der Waals surface area (Å²) < 4.78 is 5.31. The molecule has 0 N–H and O–H groups in total. The van der Waals surface area contributed by atoms with E-state index >= 15 is 0 Å². The summed E-state index contributed by atoms with van der Waals surface area (Å²) >= 11 is 0. The lowest BCUT2D eigenvalue weighted by atomic mass is 10.0. The first-order valence-corrected chi connectivity index (χ1v) is 10.2. The van der Waals surface area contributed by atoms with Crippen molar-refractivity contribution in [2.45, 2.75) is 0 Å². The van der Waals surface area contributed by atoms with Gasteiger partial charge in [0.15, 0.2) is 0 Å². The quantitative estimate of drug-likeness (QED) is 0.634. The summed E-state index contributed by atoms with van der Waals surface area (Å²) in [5.74, 6) is 0.905. The Hall–Kier alpha value is -3.73. The number of nitrogens with zero attached hydrogens (tertiary/aromatic N) is 3. The van der Waals surface area contributed by atoms with Gasteiger partial charge in [0.1, 0.15) is 12.4 Å². The van der Waals surface area contributed by atoms with E-state index in [4.69, 9.17) is 4.74 Å². The smallest absolute Gasteiger partial charge is 0.415 e. The highest BCUT2D eigenvalue weighted by Gasteiger charge is 2.36. The van der Waals surface area contributed by atoms with E-state index in [9.17, 15) is 4.79 Å². The number of amides is 1. The van der Waals surface area contributed by atoms with Gasteiger partial charge in [0.05, 0.1) is 13.2 Å². The van der Waals surface area contributed by atoms with E-state index < -0.39 is 0 Å². The number of benzene rings is 3. The lowest BCUT2D eigenvalue weighted by molar-refractivity contribution is 0.163. The minimum absolute atomic E-state index is 0.285. The Bertz CT molecular complexity index is 1050. The molecule has 5 heteroatoms. The van der Waals surface area contributed by atoms with Crippen molar-refractivity contribution in [3.05, 3.63) is 102 Å². The van der Waals surface area contributed by atoms with Gasteiger partial charge in [0.2, 0.25) is 0 Å². The number of rotatable bonds is 4. The molecule has 1 saturated heterocycles. The summed E-state index contributed by atoms with van der Waals surface area (Å²) in [6.07, 6.45) is -0.285. The molecule has 0 radical (unpaired) electrons. The predicted molar refractivity (Wildman–Crippen MR) is 119 cm³/mol. The van der Waals surface area contributed by atoms with Crippen molar-refractivity contribution in [1.29, 1.82) is 0 Å². The molecule has 1 fully saturated rings. The molecule has 0 saturated carbocycles. The van der Waals surface area contributed by atoms with Gasteiger partial charge in [0.25, 0.3) is 0 Å². The van der Waals surface area contributed by atoms with Crippen LogP contribution in [-0.2, 0) is 4.74 Å². The van der Waals surface area contributed by atoms with E-state index in [-0.39, 0.29) is 6.09 Å². The van der Waals surface area contributed by atoms with Crippen LogP contribution in [-0.4, -0.2) is 37.4 Å². The standard InChI is InChI=1S/C25H23N3O2/c29-25-27(16-17-30-25)24-23(20-10-4-1-5-11-20)18-26(21-12-6-2-7-13-21)19-28(24)22-14-8-3-9-15-22/h1-15H,16-19H2. The monoisotopic (exact) mass is 397 g/mol. The molecular formula is C25H23N3O2. The van der Waals surface area contributed by atoms with Gasteiger partial charge in [-0.15, -0.1) is 0 Å². The summed E-state index contributed by atoms with van der Waals surface area (Å²) in [7, 11) is 0. The third-order valence-electron chi connectivity index (χ3n) is 5.51. The highest BCUT2D eigenvalue weighted by Crippen LogP contribution is 2.36. The molecule has 150 valence electrons. The van der Waals surface area contributed by atoms with Gasteiger partial charge in [0, 0.05) is 23.5 Å². The van der Waals surface area contributed by atoms with Crippen molar-refractivity contribution in [2.24, 2.45) is 0 Å². The molecule has 5 nitrogen and oxygen atoms in total. The largest absolute Gasteiger partial charge is 0.447 e. The average Bonchev–Trinajstić information content (AvgIpc) is 3.25. The number of cyclic esters (lactones) is 1. The fourth-order valence-electron chi connectivity index (χ4n) is 4.09. The molecule has 0 bridgehead atoms. The Labute approximate surface area is 176 Å². The second-order valence-electron chi connectivity index (χ2n) is 7.37. The number of hydrogen-bond acceptors (Lipinski definition) is 4. The number of para-hydroxylation sites is 2. The maximum atomic E-state index is 12.6. The minimum Gasteiger partial charge on any atom is -0.447 e. The van der Waals surface area contributed by atoms with Crippen LogP contribution in [0, 0.1) is 0 Å². The second-order valence-corrected chi connectivity index (χ2v) is 7.37. The summed E-state index contributed by atoms with van der Waals surface area (Å²) in [6, 6.07) is 30.9. The fraction of sp³-hybridized carbons (Fsp3) is 0.160. The molecule has 5 rings (SSSR count). The zero-order valence-corrected chi connectivity index (χ0v) is 16.6. The van der Waals surface area contributed by atoms with E-state index in [2.05, 4.69) is 58.3 Å².